The van der Waals surface area contributed by atoms with Gasteiger partial charge >= 0.3 is 0 Å². The first-order valence-electron chi connectivity index (χ1n) is 7.42. The number of hydrogen-bond donors (Lipinski definition) is 0. The zero-order chi connectivity index (χ0) is 16.1. The molecule has 0 aliphatic carbocycles. The molecular formula is C16H24N2O4. The molecule has 1 heterocycles. The smallest absolute Gasteiger partial charge is 0.210 e. The second kappa shape index (κ2) is 7.35. The van der Waals surface area contributed by atoms with E-state index in [1.165, 1.54) is 0 Å². The van der Waals surface area contributed by atoms with E-state index in [4.69, 9.17) is 14.2 Å². The van der Waals surface area contributed by atoms with E-state index in [1.807, 2.05) is 17.0 Å². The van der Waals surface area contributed by atoms with Crippen LogP contribution in [0.3, 0.4) is 0 Å². The predicted octanol–water partition coefficient (Wildman–Crippen LogP) is 1.55. The Labute approximate surface area is 131 Å². The van der Waals surface area contributed by atoms with E-state index in [2.05, 4.69) is 11.8 Å². The topological polar surface area (TPSA) is 51.2 Å². The fourth-order valence-electron chi connectivity index (χ4n) is 2.93. The molecule has 6 nitrogen and oxygen atoms in total. The first-order chi connectivity index (χ1) is 10.7. The maximum Gasteiger partial charge on any atom is 0.210 e. The summed E-state index contributed by atoms with van der Waals surface area (Å²) in [5.74, 6) is 1.79. The van der Waals surface area contributed by atoms with E-state index in [1.54, 1.807) is 21.3 Å². The van der Waals surface area contributed by atoms with Gasteiger partial charge < -0.3 is 19.1 Å². The molecule has 0 radical (unpaired) electrons. The summed E-state index contributed by atoms with van der Waals surface area (Å²) in [5, 5.41) is 0. The van der Waals surface area contributed by atoms with Gasteiger partial charge in [-0.15, -0.1) is 0 Å². The molecule has 1 saturated heterocycles. The van der Waals surface area contributed by atoms with Crippen molar-refractivity contribution in [3.05, 3.63) is 17.7 Å². The van der Waals surface area contributed by atoms with E-state index in [0.29, 0.717) is 23.8 Å². The van der Waals surface area contributed by atoms with Crippen LogP contribution in [0, 0.1) is 0 Å². The van der Waals surface area contributed by atoms with E-state index in [0.717, 1.165) is 31.6 Å². The molecule has 1 aromatic rings. The van der Waals surface area contributed by atoms with Gasteiger partial charge in [0.15, 0.2) is 11.5 Å². The van der Waals surface area contributed by atoms with Crippen molar-refractivity contribution >= 4 is 6.41 Å². The van der Waals surface area contributed by atoms with Crippen molar-refractivity contribution in [1.82, 2.24) is 9.80 Å². The van der Waals surface area contributed by atoms with Crippen LogP contribution in [0.2, 0.25) is 0 Å². The lowest BCUT2D eigenvalue weighted by atomic mass is 10.0. The highest BCUT2D eigenvalue weighted by Gasteiger charge is 2.30. The highest BCUT2D eigenvalue weighted by molar-refractivity contribution is 5.58. The number of hydrogen-bond acceptors (Lipinski definition) is 5. The number of piperazine rings is 1. The molecule has 2 rings (SSSR count). The minimum absolute atomic E-state index is 0.0547. The average Bonchev–Trinajstić information content (AvgIpc) is 2.59. The van der Waals surface area contributed by atoms with Crippen LogP contribution >= 0.6 is 0 Å². The van der Waals surface area contributed by atoms with Crippen molar-refractivity contribution in [1.29, 1.82) is 0 Å². The molecule has 1 aromatic carbocycles. The van der Waals surface area contributed by atoms with Gasteiger partial charge in [-0.05, 0) is 18.7 Å². The largest absolute Gasteiger partial charge is 0.493 e. The molecule has 122 valence electrons. The second-order valence-corrected chi connectivity index (χ2v) is 5.18. The molecule has 1 aliphatic heterocycles. The summed E-state index contributed by atoms with van der Waals surface area (Å²) >= 11 is 0. The first kappa shape index (κ1) is 16.4. The standard InChI is InChI=1S/C16H24N2O4/c1-5-17-8-9-18(11-19)13(10-17)12-6-7-14(20-2)16(22-4)15(12)21-3/h6-7,11,13H,5,8-10H2,1-4H3. The monoisotopic (exact) mass is 308 g/mol. The molecule has 0 bridgehead atoms. The number of ether oxygens (including phenoxy) is 3. The number of nitrogens with zero attached hydrogens (tertiary/aromatic N) is 2. The lowest BCUT2D eigenvalue weighted by Crippen LogP contribution is -2.47. The van der Waals surface area contributed by atoms with Crippen molar-refractivity contribution in [2.45, 2.75) is 13.0 Å². The minimum Gasteiger partial charge on any atom is -0.493 e. The Morgan fingerprint density at radius 2 is 1.86 bits per heavy atom. The zero-order valence-electron chi connectivity index (χ0n) is 13.7. The number of amides is 1. The molecule has 0 aromatic heterocycles. The maximum atomic E-state index is 11.4. The normalized spacial score (nSPS) is 18.9. The van der Waals surface area contributed by atoms with Gasteiger partial charge in [-0.1, -0.05) is 6.92 Å². The van der Waals surface area contributed by atoms with Crippen molar-refractivity contribution in [2.24, 2.45) is 0 Å². The van der Waals surface area contributed by atoms with Crippen LogP contribution in [-0.2, 0) is 4.79 Å². The van der Waals surface area contributed by atoms with Gasteiger partial charge in [0.2, 0.25) is 12.2 Å². The molecular weight excluding hydrogens is 284 g/mol. The third-order valence-corrected chi connectivity index (χ3v) is 4.18. The summed E-state index contributed by atoms with van der Waals surface area (Å²) in [6.07, 6.45) is 0.911. The van der Waals surface area contributed by atoms with Crippen LogP contribution in [0.5, 0.6) is 17.2 Å². The molecule has 1 amide bonds. The number of carbonyl (C=O) groups excluding carboxylic acids is 1. The summed E-state index contributed by atoms with van der Waals surface area (Å²) in [5.41, 5.74) is 0.936. The van der Waals surface area contributed by atoms with Crippen LogP contribution in [-0.4, -0.2) is 63.7 Å². The Morgan fingerprint density at radius 1 is 1.14 bits per heavy atom. The third-order valence-electron chi connectivity index (χ3n) is 4.18. The molecule has 22 heavy (non-hydrogen) atoms. The fraction of sp³-hybridized carbons (Fsp3) is 0.562. The quantitative estimate of drug-likeness (QED) is 0.746. The number of likely N-dealkylation sites (N-methyl/N-ethyl adjacent to an activating group) is 1. The van der Waals surface area contributed by atoms with Crippen LogP contribution in [0.4, 0.5) is 0 Å². The van der Waals surface area contributed by atoms with Crippen LogP contribution in [0.1, 0.15) is 18.5 Å². The summed E-state index contributed by atoms with van der Waals surface area (Å²) in [4.78, 5) is 15.6. The third kappa shape index (κ3) is 2.97. The maximum absolute atomic E-state index is 11.4. The van der Waals surface area contributed by atoms with Crippen molar-refractivity contribution in [3.63, 3.8) is 0 Å². The van der Waals surface area contributed by atoms with Gasteiger partial charge in [0.1, 0.15) is 0 Å². The van der Waals surface area contributed by atoms with Crippen molar-refractivity contribution in [2.75, 3.05) is 47.5 Å². The molecule has 0 saturated carbocycles. The lowest BCUT2D eigenvalue weighted by molar-refractivity contribution is -0.122. The van der Waals surface area contributed by atoms with E-state index >= 15 is 0 Å². The van der Waals surface area contributed by atoms with E-state index < -0.39 is 0 Å². The lowest BCUT2D eigenvalue weighted by Gasteiger charge is -2.39. The summed E-state index contributed by atoms with van der Waals surface area (Å²) < 4.78 is 16.3. The minimum atomic E-state index is -0.0547. The second-order valence-electron chi connectivity index (χ2n) is 5.18. The zero-order valence-corrected chi connectivity index (χ0v) is 13.7. The average molecular weight is 308 g/mol. The van der Waals surface area contributed by atoms with Crippen molar-refractivity contribution in [3.8, 4) is 17.2 Å². The van der Waals surface area contributed by atoms with Gasteiger partial charge in [-0.25, -0.2) is 0 Å². The highest BCUT2D eigenvalue weighted by atomic mass is 16.5. The van der Waals surface area contributed by atoms with Crippen LogP contribution in [0.15, 0.2) is 12.1 Å². The number of carbonyl (C=O) groups is 1. The van der Waals surface area contributed by atoms with Gasteiger partial charge in [0.05, 0.1) is 27.4 Å². The van der Waals surface area contributed by atoms with Gasteiger partial charge in [0, 0.05) is 25.2 Å². The summed E-state index contributed by atoms with van der Waals surface area (Å²) in [7, 11) is 4.78. The Bertz CT molecular complexity index is 521. The number of benzene rings is 1. The Hall–Kier alpha value is -1.95. The molecule has 1 atom stereocenters. The van der Waals surface area contributed by atoms with Crippen molar-refractivity contribution < 1.29 is 19.0 Å². The molecule has 1 fully saturated rings. The molecule has 1 unspecified atom stereocenters. The van der Waals surface area contributed by atoms with Gasteiger partial charge in [-0.2, -0.15) is 0 Å². The molecule has 1 aliphatic rings. The number of methoxy groups -OCH3 is 3. The Balaban J connectivity index is 2.46. The Morgan fingerprint density at radius 3 is 2.41 bits per heavy atom. The first-order valence-corrected chi connectivity index (χ1v) is 7.42. The van der Waals surface area contributed by atoms with E-state index in [-0.39, 0.29) is 6.04 Å². The SMILES string of the molecule is CCN1CCN(C=O)C(c2ccc(OC)c(OC)c2OC)C1. The van der Waals surface area contributed by atoms with Gasteiger partial charge in [-0.3, -0.25) is 9.69 Å². The van der Waals surface area contributed by atoms with E-state index in [9.17, 15) is 4.79 Å². The highest BCUT2D eigenvalue weighted by Crippen LogP contribution is 2.43. The molecule has 6 heteroatoms. The Kier molecular flexibility index (Phi) is 5.49. The van der Waals surface area contributed by atoms with Crippen LogP contribution in [0.25, 0.3) is 0 Å². The summed E-state index contributed by atoms with van der Waals surface area (Å²) in [6, 6.07) is 3.74. The molecule has 0 spiro atoms. The summed E-state index contributed by atoms with van der Waals surface area (Å²) in [6.45, 7) is 5.46. The number of rotatable bonds is 6. The van der Waals surface area contributed by atoms with Crippen LogP contribution < -0.4 is 14.2 Å². The molecule has 0 N–H and O–H groups in total. The predicted molar refractivity (Wildman–Crippen MR) is 83.7 cm³/mol. The van der Waals surface area contributed by atoms with Gasteiger partial charge in [0.25, 0.3) is 0 Å². The fourth-order valence-corrected chi connectivity index (χ4v) is 2.93.